The van der Waals surface area contributed by atoms with Crippen LogP contribution in [0, 0.1) is 12.3 Å². The van der Waals surface area contributed by atoms with E-state index in [-0.39, 0.29) is 11.4 Å². The highest BCUT2D eigenvalue weighted by Crippen LogP contribution is 2.29. The van der Waals surface area contributed by atoms with Crippen LogP contribution >= 0.6 is 11.8 Å². The van der Waals surface area contributed by atoms with Gasteiger partial charge in [0, 0.05) is 0 Å². The number of benzene rings is 2. The lowest BCUT2D eigenvalue weighted by Crippen LogP contribution is -2.35. The molecule has 1 N–H and O–H groups in total. The molecule has 2 aromatic rings. The molecule has 2 aromatic carbocycles. The number of hydrazone groups is 1. The Balaban J connectivity index is 1.36. The summed E-state index contributed by atoms with van der Waals surface area (Å²) >= 11 is 1.33. The van der Waals surface area contributed by atoms with Gasteiger partial charge in [-0.1, -0.05) is 31.2 Å². The molecule has 0 aromatic heterocycles. The van der Waals surface area contributed by atoms with E-state index in [1.54, 1.807) is 6.08 Å². The molecule has 2 heterocycles. The van der Waals surface area contributed by atoms with Crippen LogP contribution in [0.5, 0.6) is 11.5 Å². The normalized spacial score (nSPS) is 16.8. The zero-order valence-corrected chi connectivity index (χ0v) is 18.1. The first-order chi connectivity index (χ1) is 15.0. The lowest BCUT2D eigenvalue weighted by atomic mass is 10.1. The van der Waals surface area contributed by atoms with Crippen LogP contribution in [0.25, 0.3) is 6.08 Å². The van der Waals surface area contributed by atoms with E-state index in [4.69, 9.17) is 14.9 Å². The molecule has 31 heavy (non-hydrogen) atoms. The molecule has 0 radical (unpaired) electrons. The van der Waals surface area contributed by atoms with Gasteiger partial charge >= 0.3 is 0 Å². The van der Waals surface area contributed by atoms with E-state index in [0.29, 0.717) is 24.1 Å². The van der Waals surface area contributed by atoms with Gasteiger partial charge in [0.15, 0.2) is 5.84 Å². The summed E-state index contributed by atoms with van der Waals surface area (Å²) < 4.78 is 11.4. The number of amidine groups is 2. The summed E-state index contributed by atoms with van der Waals surface area (Å²) in [6, 6.07) is 15.2. The van der Waals surface area contributed by atoms with Crippen LogP contribution in [0.3, 0.4) is 0 Å². The summed E-state index contributed by atoms with van der Waals surface area (Å²) in [5.41, 5.74) is 2.14. The first-order valence-corrected chi connectivity index (χ1v) is 10.8. The zero-order chi connectivity index (χ0) is 21.8. The molecule has 0 spiro atoms. The minimum absolute atomic E-state index is 0.0413. The molecular weight excluding hydrogens is 412 g/mol. The van der Waals surface area contributed by atoms with Crippen molar-refractivity contribution in [2.45, 2.75) is 20.3 Å². The Morgan fingerprint density at radius 3 is 2.55 bits per heavy atom. The van der Waals surface area contributed by atoms with Crippen LogP contribution in [0.15, 0.2) is 64.2 Å². The average molecular weight is 435 g/mol. The van der Waals surface area contributed by atoms with Crippen molar-refractivity contribution < 1.29 is 14.3 Å². The number of nitrogens with zero attached hydrogens (tertiary/aromatic N) is 3. The van der Waals surface area contributed by atoms with Gasteiger partial charge in [-0.05, 0) is 66.6 Å². The summed E-state index contributed by atoms with van der Waals surface area (Å²) in [4.78, 5) is 16.5. The largest absolute Gasteiger partial charge is 0.490 e. The Bertz CT molecular complexity index is 1110. The van der Waals surface area contributed by atoms with Gasteiger partial charge in [0.2, 0.25) is 5.17 Å². The average Bonchev–Trinajstić information content (AvgIpc) is 3.18. The molecule has 2 aliphatic rings. The number of aryl methyl sites for hydroxylation is 1. The molecule has 0 atom stereocenters. The van der Waals surface area contributed by atoms with E-state index < -0.39 is 5.91 Å². The van der Waals surface area contributed by atoms with Gasteiger partial charge in [0.1, 0.15) is 29.8 Å². The minimum atomic E-state index is -0.426. The Morgan fingerprint density at radius 1 is 1.10 bits per heavy atom. The fraction of sp³-hybridized carbons (Fsp3) is 0.217. The highest BCUT2D eigenvalue weighted by Gasteiger charge is 2.34. The van der Waals surface area contributed by atoms with E-state index in [9.17, 15) is 4.79 Å². The van der Waals surface area contributed by atoms with Gasteiger partial charge in [-0.3, -0.25) is 10.2 Å². The van der Waals surface area contributed by atoms with Crippen LogP contribution < -0.4 is 9.47 Å². The van der Waals surface area contributed by atoms with E-state index >= 15 is 0 Å². The Hall–Kier alpha value is -3.39. The number of carbonyl (C=O) groups is 1. The summed E-state index contributed by atoms with van der Waals surface area (Å²) in [7, 11) is 0. The molecule has 0 aliphatic carbocycles. The number of fused-ring (bicyclic) bond motifs is 1. The summed E-state index contributed by atoms with van der Waals surface area (Å²) in [5, 5.41) is 15.4. The maximum atomic E-state index is 12.4. The second-order valence-corrected chi connectivity index (χ2v) is 7.99. The molecular formula is C23H22N4O3S. The molecule has 4 rings (SSSR count). The third-order valence-corrected chi connectivity index (χ3v) is 5.65. The van der Waals surface area contributed by atoms with Crippen molar-refractivity contribution in [2.24, 2.45) is 10.1 Å². The second-order valence-electron chi connectivity index (χ2n) is 6.95. The van der Waals surface area contributed by atoms with Crippen molar-refractivity contribution in [3.8, 4) is 11.5 Å². The number of hydrogen-bond acceptors (Lipinski definition) is 6. The number of ether oxygens (including phenoxy) is 2. The first-order valence-electron chi connectivity index (χ1n) is 9.95. The highest BCUT2D eigenvalue weighted by molar-refractivity contribution is 8.26. The standard InChI is InChI=1S/C23H22N4O3S/c1-3-20-26-27-21(24)19(22(28)25-23(27)31-20)14-16-7-9-17(10-8-16)29-11-12-30-18-6-4-5-15(2)13-18/h4-10,13-14,24H,3,11-12H2,1-2H3. The predicted molar refractivity (Wildman–Crippen MR) is 124 cm³/mol. The van der Waals surface area contributed by atoms with Crippen molar-refractivity contribution in [1.29, 1.82) is 5.41 Å². The Morgan fingerprint density at radius 2 is 1.84 bits per heavy atom. The van der Waals surface area contributed by atoms with Crippen molar-refractivity contribution in [2.75, 3.05) is 13.2 Å². The molecule has 0 unspecified atom stereocenters. The van der Waals surface area contributed by atoms with E-state index in [2.05, 4.69) is 10.1 Å². The van der Waals surface area contributed by atoms with Crippen LogP contribution in [-0.2, 0) is 4.79 Å². The quantitative estimate of drug-likeness (QED) is 0.513. The fourth-order valence-electron chi connectivity index (χ4n) is 3.03. The van der Waals surface area contributed by atoms with Crippen LogP contribution in [0.1, 0.15) is 24.5 Å². The van der Waals surface area contributed by atoms with Gasteiger partial charge in [-0.2, -0.15) is 15.1 Å². The maximum Gasteiger partial charge on any atom is 0.283 e. The third-order valence-electron chi connectivity index (χ3n) is 4.60. The predicted octanol–water partition coefficient (Wildman–Crippen LogP) is 4.48. The van der Waals surface area contributed by atoms with Crippen molar-refractivity contribution >= 4 is 39.8 Å². The van der Waals surface area contributed by atoms with Crippen molar-refractivity contribution in [3.63, 3.8) is 0 Å². The number of nitrogens with one attached hydrogen (secondary N) is 1. The smallest absolute Gasteiger partial charge is 0.283 e. The molecule has 158 valence electrons. The topological polar surface area (TPSA) is 87.3 Å². The van der Waals surface area contributed by atoms with Crippen LogP contribution in [0.2, 0.25) is 0 Å². The Kier molecular flexibility index (Phi) is 6.18. The third kappa shape index (κ3) is 4.86. The first kappa shape index (κ1) is 20.9. The van der Waals surface area contributed by atoms with Gasteiger partial charge in [-0.15, -0.1) is 0 Å². The number of hydrogen-bond donors (Lipinski definition) is 1. The molecule has 0 saturated heterocycles. The second kappa shape index (κ2) is 9.18. The minimum Gasteiger partial charge on any atom is -0.490 e. The van der Waals surface area contributed by atoms with Gasteiger partial charge in [0.25, 0.3) is 5.91 Å². The van der Waals surface area contributed by atoms with Gasteiger partial charge < -0.3 is 9.47 Å². The monoisotopic (exact) mass is 434 g/mol. The molecule has 1 amide bonds. The molecule has 7 nitrogen and oxygen atoms in total. The number of thioether (sulfide) groups is 1. The zero-order valence-electron chi connectivity index (χ0n) is 17.3. The highest BCUT2D eigenvalue weighted by atomic mass is 32.2. The number of amides is 1. The summed E-state index contributed by atoms with van der Waals surface area (Å²) in [6.07, 6.45) is 2.39. The van der Waals surface area contributed by atoms with Gasteiger partial charge in [-0.25, -0.2) is 0 Å². The van der Waals surface area contributed by atoms with Crippen LogP contribution in [0.4, 0.5) is 0 Å². The van der Waals surface area contributed by atoms with E-state index in [1.807, 2.05) is 62.4 Å². The molecule has 0 fully saturated rings. The van der Waals surface area contributed by atoms with Gasteiger partial charge in [0.05, 0.1) is 5.57 Å². The van der Waals surface area contributed by atoms with Crippen LogP contribution in [-0.4, -0.2) is 40.2 Å². The number of rotatable bonds is 7. The lowest BCUT2D eigenvalue weighted by Gasteiger charge is -2.20. The molecule has 0 bridgehead atoms. The Labute approximate surface area is 185 Å². The summed E-state index contributed by atoms with van der Waals surface area (Å²) in [5.74, 6) is 1.14. The summed E-state index contributed by atoms with van der Waals surface area (Å²) in [6.45, 7) is 4.85. The van der Waals surface area contributed by atoms with E-state index in [0.717, 1.165) is 28.3 Å². The van der Waals surface area contributed by atoms with E-state index in [1.165, 1.54) is 16.8 Å². The number of carbonyl (C=O) groups excluding carboxylic acids is 1. The lowest BCUT2D eigenvalue weighted by molar-refractivity contribution is -0.114. The fourth-order valence-corrected chi connectivity index (χ4v) is 3.85. The SMILES string of the molecule is CCC1=NN2C(=N)C(=Cc3ccc(OCCOc4cccc(C)c4)cc3)C(=O)N=C2S1. The maximum absolute atomic E-state index is 12.4. The van der Waals surface area contributed by atoms with Crippen molar-refractivity contribution in [3.05, 3.63) is 65.2 Å². The molecule has 2 aliphatic heterocycles. The number of aliphatic imine (C=N–C) groups is 1. The molecule has 0 saturated carbocycles. The van der Waals surface area contributed by atoms with Crippen molar-refractivity contribution in [1.82, 2.24) is 5.01 Å². The molecule has 8 heteroatoms.